The SMILES string of the molecule is CNC(=O)c1nn(-c2ccc(OC)cc2)c(C(C)=O)c1CCNc1ccc(N(C)C(C)=O)cc1. The number of carbonyl (C=O) groups excluding carboxylic acids is 3. The number of nitrogens with one attached hydrogen (secondary N) is 2. The Balaban J connectivity index is 1.87. The fourth-order valence-corrected chi connectivity index (χ4v) is 3.58. The van der Waals surface area contributed by atoms with E-state index in [1.165, 1.54) is 25.6 Å². The van der Waals surface area contributed by atoms with Gasteiger partial charge in [-0.3, -0.25) is 14.4 Å². The number of carbonyl (C=O) groups is 3. The number of anilines is 2. The van der Waals surface area contributed by atoms with Gasteiger partial charge in [-0.05, 0) is 55.0 Å². The number of benzene rings is 2. The van der Waals surface area contributed by atoms with Gasteiger partial charge in [0.05, 0.1) is 12.8 Å². The van der Waals surface area contributed by atoms with Gasteiger partial charge in [0.15, 0.2) is 11.5 Å². The zero-order chi connectivity index (χ0) is 24.8. The highest BCUT2D eigenvalue weighted by atomic mass is 16.5. The maximum absolute atomic E-state index is 12.6. The van der Waals surface area contributed by atoms with E-state index < -0.39 is 0 Å². The molecule has 1 heterocycles. The van der Waals surface area contributed by atoms with E-state index in [4.69, 9.17) is 4.74 Å². The summed E-state index contributed by atoms with van der Waals surface area (Å²) in [6.07, 6.45) is 0.406. The molecule has 0 saturated heterocycles. The van der Waals surface area contributed by atoms with E-state index in [-0.39, 0.29) is 23.3 Å². The lowest BCUT2D eigenvalue weighted by molar-refractivity contribution is -0.116. The Kier molecular flexibility index (Phi) is 7.68. The Morgan fingerprint density at radius 1 is 1.03 bits per heavy atom. The van der Waals surface area contributed by atoms with Gasteiger partial charge in [-0.1, -0.05) is 0 Å². The quantitative estimate of drug-likeness (QED) is 0.473. The summed E-state index contributed by atoms with van der Waals surface area (Å²) >= 11 is 0. The third-order valence-electron chi connectivity index (χ3n) is 5.51. The van der Waals surface area contributed by atoms with E-state index in [0.717, 1.165) is 11.4 Å². The molecule has 9 nitrogen and oxygen atoms in total. The predicted molar refractivity (Wildman–Crippen MR) is 131 cm³/mol. The van der Waals surface area contributed by atoms with Crippen LogP contribution in [0.2, 0.25) is 0 Å². The van der Waals surface area contributed by atoms with Crippen molar-refractivity contribution in [2.24, 2.45) is 0 Å². The summed E-state index contributed by atoms with van der Waals surface area (Å²) in [6.45, 7) is 3.45. The van der Waals surface area contributed by atoms with Gasteiger partial charge in [0, 0.05) is 51.4 Å². The standard InChI is InChI=1S/C25H29N5O4/c1-16(31)24-22(14-15-27-18-6-8-19(9-7-18)29(4)17(2)32)23(25(33)26-3)28-30(24)20-10-12-21(34-5)13-11-20/h6-13,27H,14-15H2,1-5H3,(H,26,33). The fraction of sp³-hybridized carbons (Fsp3) is 0.280. The minimum atomic E-state index is -0.360. The molecule has 0 radical (unpaired) electrons. The maximum Gasteiger partial charge on any atom is 0.271 e. The molecule has 1 aromatic heterocycles. The average Bonchev–Trinajstić information content (AvgIpc) is 3.23. The van der Waals surface area contributed by atoms with Gasteiger partial charge < -0.3 is 20.3 Å². The van der Waals surface area contributed by atoms with Crippen molar-refractivity contribution in [1.29, 1.82) is 0 Å². The molecule has 0 fully saturated rings. The summed E-state index contributed by atoms with van der Waals surface area (Å²) in [5.41, 5.74) is 3.45. The number of amides is 2. The monoisotopic (exact) mass is 463 g/mol. The van der Waals surface area contributed by atoms with Gasteiger partial charge >= 0.3 is 0 Å². The Morgan fingerprint density at radius 2 is 1.68 bits per heavy atom. The number of methoxy groups -OCH3 is 1. The van der Waals surface area contributed by atoms with E-state index in [9.17, 15) is 14.4 Å². The normalized spacial score (nSPS) is 10.5. The topological polar surface area (TPSA) is 106 Å². The average molecular weight is 464 g/mol. The molecule has 0 aliphatic carbocycles. The molecule has 0 unspecified atom stereocenters. The van der Waals surface area contributed by atoms with Crippen molar-refractivity contribution in [3.63, 3.8) is 0 Å². The van der Waals surface area contributed by atoms with Crippen molar-refractivity contribution in [3.8, 4) is 11.4 Å². The first-order valence-corrected chi connectivity index (χ1v) is 10.8. The minimum absolute atomic E-state index is 0.0481. The van der Waals surface area contributed by atoms with Crippen molar-refractivity contribution < 1.29 is 19.1 Å². The number of aromatic nitrogens is 2. The molecule has 2 amide bonds. The Hall–Kier alpha value is -4.14. The number of hydrogen-bond acceptors (Lipinski definition) is 6. The summed E-state index contributed by atoms with van der Waals surface area (Å²) in [4.78, 5) is 38.3. The third kappa shape index (κ3) is 5.25. The molecule has 34 heavy (non-hydrogen) atoms. The lowest BCUT2D eigenvalue weighted by Gasteiger charge is -2.15. The molecule has 0 aliphatic rings. The van der Waals surface area contributed by atoms with Crippen molar-refractivity contribution in [2.45, 2.75) is 20.3 Å². The minimum Gasteiger partial charge on any atom is -0.497 e. The van der Waals surface area contributed by atoms with Crippen molar-refractivity contribution in [1.82, 2.24) is 15.1 Å². The summed E-state index contributed by atoms with van der Waals surface area (Å²) < 4.78 is 6.71. The summed E-state index contributed by atoms with van der Waals surface area (Å²) in [5, 5.41) is 10.4. The molecule has 0 bridgehead atoms. The van der Waals surface area contributed by atoms with Gasteiger partial charge in [0.1, 0.15) is 11.4 Å². The van der Waals surface area contributed by atoms with Gasteiger partial charge in [0.2, 0.25) is 5.91 Å². The van der Waals surface area contributed by atoms with E-state index >= 15 is 0 Å². The van der Waals surface area contributed by atoms with Crippen LogP contribution in [0.1, 0.15) is 40.4 Å². The van der Waals surface area contributed by atoms with Crippen molar-refractivity contribution >= 4 is 29.0 Å². The number of nitrogens with zero attached hydrogens (tertiary/aromatic N) is 3. The number of rotatable bonds is 9. The van der Waals surface area contributed by atoms with Crippen LogP contribution in [0.15, 0.2) is 48.5 Å². The second-order valence-electron chi connectivity index (χ2n) is 7.72. The molecule has 9 heteroatoms. The van der Waals surface area contributed by atoms with Crippen LogP contribution in [-0.4, -0.2) is 55.1 Å². The zero-order valence-electron chi connectivity index (χ0n) is 20.0. The lowest BCUT2D eigenvalue weighted by atomic mass is 10.1. The summed E-state index contributed by atoms with van der Waals surface area (Å²) in [7, 11) is 4.83. The molecule has 0 atom stereocenters. The molecule has 0 aliphatic heterocycles. The first-order chi connectivity index (χ1) is 16.3. The first kappa shape index (κ1) is 24.5. The van der Waals surface area contributed by atoms with Crippen LogP contribution in [0.25, 0.3) is 5.69 Å². The van der Waals surface area contributed by atoms with Crippen LogP contribution in [0.4, 0.5) is 11.4 Å². The van der Waals surface area contributed by atoms with E-state index in [2.05, 4.69) is 15.7 Å². The zero-order valence-corrected chi connectivity index (χ0v) is 20.0. The molecule has 2 N–H and O–H groups in total. The van der Waals surface area contributed by atoms with Crippen LogP contribution >= 0.6 is 0 Å². The van der Waals surface area contributed by atoms with Gasteiger partial charge in [-0.2, -0.15) is 5.10 Å². The second kappa shape index (κ2) is 10.7. The molecule has 0 spiro atoms. The van der Waals surface area contributed by atoms with Crippen LogP contribution in [0.3, 0.4) is 0 Å². The van der Waals surface area contributed by atoms with Gasteiger partial charge in [0.25, 0.3) is 5.91 Å². The highest BCUT2D eigenvalue weighted by Gasteiger charge is 2.25. The van der Waals surface area contributed by atoms with Crippen molar-refractivity contribution in [2.75, 3.05) is 38.0 Å². The third-order valence-corrected chi connectivity index (χ3v) is 5.51. The largest absolute Gasteiger partial charge is 0.497 e. The van der Waals surface area contributed by atoms with E-state index in [1.807, 2.05) is 24.3 Å². The highest BCUT2D eigenvalue weighted by molar-refractivity contribution is 6.00. The number of ether oxygens (including phenoxy) is 1. The smallest absolute Gasteiger partial charge is 0.271 e. The van der Waals surface area contributed by atoms with E-state index in [0.29, 0.717) is 35.7 Å². The molecule has 178 valence electrons. The van der Waals surface area contributed by atoms with Gasteiger partial charge in [-0.25, -0.2) is 4.68 Å². The Morgan fingerprint density at radius 3 is 2.21 bits per heavy atom. The van der Waals surface area contributed by atoms with Crippen LogP contribution < -0.4 is 20.3 Å². The van der Waals surface area contributed by atoms with Gasteiger partial charge in [-0.15, -0.1) is 0 Å². The van der Waals surface area contributed by atoms with Crippen LogP contribution in [-0.2, 0) is 11.2 Å². The number of Topliss-reactive ketones (excluding diaryl/α,β-unsaturated/α-hetero) is 1. The highest BCUT2D eigenvalue weighted by Crippen LogP contribution is 2.23. The molecular formula is C25H29N5O4. The number of hydrogen-bond donors (Lipinski definition) is 2. The first-order valence-electron chi connectivity index (χ1n) is 10.8. The van der Waals surface area contributed by atoms with E-state index in [1.54, 1.807) is 43.3 Å². The molecule has 2 aromatic carbocycles. The van der Waals surface area contributed by atoms with Crippen LogP contribution in [0.5, 0.6) is 5.75 Å². The molecule has 3 aromatic rings. The summed E-state index contributed by atoms with van der Waals surface area (Å²) in [6, 6.07) is 14.6. The Bertz CT molecular complexity index is 1180. The fourth-order valence-electron chi connectivity index (χ4n) is 3.58. The lowest BCUT2D eigenvalue weighted by Crippen LogP contribution is -2.22. The van der Waals surface area contributed by atoms with Crippen molar-refractivity contribution in [3.05, 3.63) is 65.5 Å². The maximum atomic E-state index is 12.6. The predicted octanol–water partition coefficient (Wildman–Crippen LogP) is 3.08. The van der Waals surface area contributed by atoms with Crippen LogP contribution in [0, 0.1) is 0 Å². The number of ketones is 1. The second-order valence-corrected chi connectivity index (χ2v) is 7.72. The summed E-state index contributed by atoms with van der Waals surface area (Å²) in [5.74, 6) is 0.0799. The molecular weight excluding hydrogens is 434 g/mol. The molecule has 0 saturated carbocycles. The Labute approximate surface area is 198 Å². The molecule has 3 rings (SSSR count).